The zero-order valence-electron chi connectivity index (χ0n) is 14.5. The van der Waals surface area contributed by atoms with Gasteiger partial charge in [0.2, 0.25) is 0 Å². The van der Waals surface area contributed by atoms with Crippen molar-refractivity contribution in [3.05, 3.63) is 0 Å². The largest absolute Gasteiger partial charge is 0.327 e. The van der Waals surface area contributed by atoms with Crippen molar-refractivity contribution < 1.29 is 0 Å². The molecule has 1 nitrogen and oxygen atoms in total. The Balaban J connectivity index is 3.40. The Labute approximate surface area is 121 Å². The van der Waals surface area contributed by atoms with Gasteiger partial charge in [0.1, 0.15) is 0 Å². The van der Waals surface area contributed by atoms with Crippen LogP contribution in [0.1, 0.15) is 61.3 Å². The lowest BCUT2D eigenvalue weighted by Gasteiger charge is -2.66. The topological polar surface area (TPSA) is 26.0 Å². The second kappa shape index (κ2) is 4.59. The first kappa shape index (κ1) is 17.2. The van der Waals surface area contributed by atoms with Crippen LogP contribution in [0.4, 0.5) is 0 Å². The fourth-order valence-electron chi connectivity index (χ4n) is 4.06. The molecule has 3 unspecified atom stereocenters. The highest BCUT2D eigenvalue weighted by Crippen LogP contribution is 2.75. The summed E-state index contributed by atoms with van der Waals surface area (Å²) in [6.07, 6.45) is 4.92. The minimum Gasteiger partial charge on any atom is -0.327 e. The summed E-state index contributed by atoms with van der Waals surface area (Å²) in [5, 5.41) is 0.651. The molecular weight excluding hydrogens is 250 g/mol. The van der Waals surface area contributed by atoms with Crippen LogP contribution in [0.5, 0.6) is 0 Å². The van der Waals surface area contributed by atoms with Crippen LogP contribution < -0.4 is 5.73 Å². The summed E-state index contributed by atoms with van der Waals surface area (Å²) in [4.78, 5) is 0. The van der Waals surface area contributed by atoms with Crippen LogP contribution in [0.15, 0.2) is 0 Å². The number of hydrogen-bond donors (Lipinski definition) is 1. The quantitative estimate of drug-likeness (QED) is 0.722. The number of nitrogens with two attached hydrogens (primary N) is 1. The summed E-state index contributed by atoms with van der Waals surface area (Å²) in [5.74, 6) is 6.81. The van der Waals surface area contributed by atoms with Gasteiger partial charge in [-0.1, -0.05) is 54.3 Å². The molecule has 2 N–H and O–H groups in total. The van der Waals surface area contributed by atoms with E-state index in [0.29, 0.717) is 22.6 Å². The van der Waals surface area contributed by atoms with Crippen molar-refractivity contribution in [3.63, 3.8) is 0 Å². The molecule has 0 heterocycles. The Morgan fingerprint density at radius 2 is 1.68 bits per heavy atom. The molecule has 0 aliphatic heterocycles. The molecule has 19 heavy (non-hydrogen) atoms. The van der Waals surface area contributed by atoms with Gasteiger partial charge in [-0.05, 0) is 46.2 Å². The van der Waals surface area contributed by atoms with E-state index in [0.717, 1.165) is 0 Å². The minimum absolute atomic E-state index is 0.251. The maximum Gasteiger partial charge on any atom is 0.00768 e. The predicted octanol–water partition coefficient (Wildman–Crippen LogP) is 4.36. The smallest absolute Gasteiger partial charge is 0.00768 e. The van der Waals surface area contributed by atoms with E-state index in [1.165, 1.54) is 18.6 Å². The molecule has 116 valence electrons. The van der Waals surface area contributed by atoms with E-state index in [1.54, 1.807) is 0 Å². The third kappa shape index (κ3) is 2.05. The third-order valence-electron chi connectivity index (χ3n) is 7.47. The molecule has 0 saturated heterocycles. The van der Waals surface area contributed by atoms with E-state index >= 15 is 0 Å². The Kier molecular flexibility index (Phi) is 4.17. The second-order valence-electron chi connectivity index (χ2n) is 8.09. The maximum absolute atomic E-state index is 6.22. The van der Waals surface area contributed by atoms with Crippen LogP contribution >= 0.6 is 8.75 Å². The molecular formula is C17H37NS. The van der Waals surface area contributed by atoms with E-state index in [-0.39, 0.29) is 4.75 Å². The van der Waals surface area contributed by atoms with Crippen LogP contribution in [-0.2, 0) is 0 Å². The van der Waals surface area contributed by atoms with Gasteiger partial charge >= 0.3 is 0 Å². The first-order valence-corrected chi connectivity index (χ1v) is 10.7. The summed E-state index contributed by atoms with van der Waals surface area (Å²) < 4.78 is 0.251. The minimum atomic E-state index is -1.74. The van der Waals surface area contributed by atoms with Crippen LogP contribution in [0.25, 0.3) is 0 Å². The molecule has 3 atom stereocenters. The molecule has 1 saturated carbocycles. The fourth-order valence-corrected chi connectivity index (χ4v) is 8.32. The van der Waals surface area contributed by atoms with Crippen LogP contribution in [0.2, 0.25) is 0 Å². The molecule has 0 aromatic rings. The highest BCUT2D eigenvalue weighted by atomic mass is 32.3. The van der Waals surface area contributed by atoms with Crippen molar-refractivity contribution >= 4 is 14.6 Å². The molecule has 0 aromatic carbocycles. The van der Waals surface area contributed by atoms with Crippen LogP contribution in [0, 0.1) is 11.3 Å². The molecule has 0 aromatic heterocycles. The van der Waals surface area contributed by atoms with Crippen LogP contribution in [0.3, 0.4) is 0 Å². The molecule has 2 heteroatoms. The zero-order chi connectivity index (χ0) is 15.3. The summed E-state index contributed by atoms with van der Waals surface area (Å²) in [5.41, 5.74) is 6.53. The summed E-state index contributed by atoms with van der Waals surface area (Å²) >= 11 is 0. The lowest BCUT2D eigenvalue weighted by molar-refractivity contribution is 0.189. The van der Waals surface area contributed by atoms with Crippen LogP contribution in [-0.4, -0.2) is 33.9 Å². The first-order chi connectivity index (χ1) is 8.38. The van der Waals surface area contributed by atoms with E-state index in [2.05, 4.69) is 54.7 Å². The molecule has 1 aliphatic carbocycles. The van der Waals surface area contributed by atoms with Gasteiger partial charge in [0.15, 0.2) is 0 Å². The molecule has 0 bridgehead atoms. The van der Waals surface area contributed by atoms with E-state index in [9.17, 15) is 0 Å². The van der Waals surface area contributed by atoms with Crippen molar-refractivity contribution in [2.45, 2.75) is 77.3 Å². The molecule has 0 amide bonds. The zero-order valence-corrected chi connectivity index (χ0v) is 15.4. The Morgan fingerprint density at radius 3 is 1.89 bits per heavy atom. The van der Waals surface area contributed by atoms with Gasteiger partial charge in [-0.2, -0.15) is 0 Å². The van der Waals surface area contributed by atoms with Crippen molar-refractivity contribution in [1.29, 1.82) is 0 Å². The normalized spacial score (nSPS) is 29.7. The number of rotatable bonds is 6. The lowest BCUT2D eigenvalue weighted by atomic mass is 9.71. The van der Waals surface area contributed by atoms with Gasteiger partial charge < -0.3 is 5.73 Å². The SMILES string of the molecule is C=S(C)(CC)(C(C)C)C(C)(C)C(C)(CC)C1CC1N. The first-order valence-electron chi connectivity index (χ1n) is 7.87. The standard InChI is InChI=1S/C17H37NS/c1-10-17(7,14-12-15(14)18)16(5,6)19(8,9,11-2)13(3)4/h13-15H,8,10-12,18H2,1-7,9H3. The second-order valence-corrected chi connectivity index (χ2v) is 14.5. The van der Waals surface area contributed by atoms with Crippen molar-refractivity contribution in [1.82, 2.24) is 0 Å². The van der Waals surface area contributed by atoms with Gasteiger partial charge in [0.05, 0.1) is 0 Å². The number of hydrogen-bond acceptors (Lipinski definition) is 1. The lowest BCUT2D eigenvalue weighted by Crippen LogP contribution is -2.53. The van der Waals surface area contributed by atoms with Crippen molar-refractivity contribution in [2.24, 2.45) is 17.1 Å². The van der Waals surface area contributed by atoms with Gasteiger partial charge in [-0.15, -0.1) is 0 Å². The maximum atomic E-state index is 6.22. The molecule has 1 fully saturated rings. The summed E-state index contributed by atoms with van der Waals surface area (Å²) in [6, 6.07) is 0.421. The van der Waals surface area contributed by atoms with E-state index in [1.807, 2.05) is 0 Å². The van der Waals surface area contributed by atoms with E-state index < -0.39 is 8.75 Å². The Morgan fingerprint density at radius 1 is 1.26 bits per heavy atom. The summed E-state index contributed by atoms with van der Waals surface area (Å²) in [7, 11) is -1.74. The van der Waals surface area contributed by atoms with Crippen molar-refractivity contribution in [2.75, 3.05) is 12.0 Å². The average Bonchev–Trinajstić information content (AvgIpc) is 3.05. The van der Waals surface area contributed by atoms with Gasteiger partial charge in [0.25, 0.3) is 0 Å². The van der Waals surface area contributed by atoms with Gasteiger partial charge in [-0.3, -0.25) is 0 Å². The molecule has 0 spiro atoms. The monoisotopic (exact) mass is 287 g/mol. The highest BCUT2D eigenvalue weighted by Gasteiger charge is 2.60. The summed E-state index contributed by atoms with van der Waals surface area (Å²) in [6.45, 7) is 16.9. The Hall–Kier alpha value is 0.180. The molecule has 1 aliphatic rings. The fraction of sp³-hybridized carbons (Fsp3) is 0.941. The third-order valence-corrected chi connectivity index (χ3v) is 15.3. The highest BCUT2D eigenvalue weighted by molar-refractivity contribution is 8.47. The van der Waals surface area contributed by atoms with Gasteiger partial charge in [-0.25, -0.2) is 8.75 Å². The van der Waals surface area contributed by atoms with Crippen molar-refractivity contribution in [3.8, 4) is 0 Å². The van der Waals surface area contributed by atoms with E-state index in [4.69, 9.17) is 11.6 Å². The molecule has 1 rings (SSSR count). The average molecular weight is 288 g/mol. The van der Waals surface area contributed by atoms with Gasteiger partial charge in [0, 0.05) is 6.04 Å². The Bertz CT molecular complexity index is 409. The molecule has 0 radical (unpaired) electrons. The predicted molar refractivity (Wildman–Crippen MR) is 94.9 cm³/mol.